The summed E-state index contributed by atoms with van der Waals surface area (Å²) in [4.78, 5) is 13.5. The standard InChI is InChI=1S/C19H14FN3OS/c20-14-5-3-4-12(9-14)8-13(10-21)18(24)23-19-16(11-22)15-6-1-2-7-17(15)25-19/h3-5,8-9H,1-2,6-7H2,(H,23,24)/b13-8+. The molecule has 1 aromatic heterocycles. The normalized spacial score (nSPS) is 13.5. The fraction of sp³-hybridized carbons (Fsp3) is 0.211. The molecule has 1 aliphatic rings. The van der Waals surface area contributed by atoms with Crippen LogP contribution >= 0.6 is 11.3 Å². The first-order chi connectivity index (χ1) is 12.1. The number of nitrogens with zero attached hydrogens (tertiary/aromatic N) is 2. The molecule has 1 heterocycles. The predicted molar refractivity (Wildman–Crippen MR) is 94.3 cm³/mol. The third-order valence-corrected chi connectivity index (χ3v) is 5.24. The second-order valence-corrected chi connectivity index (χ2v) is 6.81. The molecule has 1 N–H and O–H groups in total. The van der Waals surface area contributed by atoms with Crippen molar-refractivity contribution in [1.29, 1.82) is 10.5 Å². The molecule has 0 fully saturated rings. The maximum atomic E-state index is 13.3. The average molecular weight is 351 g/mol. The van der Waals surface area contributed by atoms with Crippen LogP contribution in [-0.4, -0.2) is 5.91 Å². The first-order valence-electron chi connectivity index (χ1n) is 7.85. The van der Waals surface area contributed by atoms with E-state index >= 15 is 0 Å². The molecule has 25 heavy (non-hydrogen) atoms. The zero-order valence-electron chi connectivity index (χ0n) is 13.3. The van der Waals surface area contributed by atoms with E-state index in [2.05, 4.69) is 11.4 Å². The van der Waals surface area contributed by atoms with Crippen LogP contribution in [0.4, 0.5) is 9.39 Å². The van der Waals surface area contributed by atoms with Gasteiger partial charge in [0.15, 0.2) is 0 Å². The van der Waals surface area contributed by atoms with Crippen LogP contribution in [0.3, 0.4) is 0 Å². The summed E-state index contributed by atoms with van der Waals surface area (Å²) in [5, 5.41) is 21.8. The van der Waals surface area contributed by atoms with E-state index in [9.17, 15) is 19.7 Å². The molecule has 124 valence electrons. The molecule has 1 aromatic carbocycles. The number of nitrogens with one attached hydrogen (secondary N) is 1. The topological polar surface area (TPSA) is 76.7 Å². The van der Waals surface area contributed by atoms with E-state index in [0.29, 0.717) is 16.1 Å². The fourth-order valence-electron chi connectivity index (χ4n) is 2.85. The van der Waals surface area contributed by atoms with Gasteiger partial charge in [-0.15, -0.1) is 11.3 Å². The molecule has 0 saturated heterocycles. The summed E-state index contributed by atoms with van der Waals surface area (Å²) in [5.41, 5.74) is 1.80. The average Bonchev–Trinajstić information content (AvgIpc) is 2.96. The van der Waals surface area contributed by atoms with Crippen LogP contribution in [0, 0.1) is 28.5 Å². The molecular formula is C19H14FN3OS. The number of hydrogen-bond donors (Lipinski definition) is 1. The maximum absolute atomic E-state index is 13.3. The van der Waals surface area contributed by atoms with Crippen LogP contribution in [-0.2, 0) is 17.6 Å². The Morgan fingerprint density at radius 3 is 2.80 bits per heavy atom. The quantitative estimate of drug-likeness (QED) is 0.665. The van der Waals surface area contributed by atoms with Crippen LogP contribution in [0.2, 0.25) is 0 Å². The van der Waals surface area contributed by atoms with Gasteiger partial charge in [-0.2, -0.15) is 10.5 Å². The highest BCUT2D eigenvalue weighted by molar-refractivity contribution is 7.16. The number of fused-ring (bicyclic) bond motifs is 1. The minimum atomic E-state index is -0.596. The monoisotopic (exact) mass is 351 g/mol. The van der Waals surface area contributed by atoms with E-state index in [1.165, 1.54) is 35.6 Å². The number of hydrogen-bond acceptors (Lipinski definition) is 4. The number of aryl methyl sites for hydroxylation is 1. The van der Waals surface area contributed by atoms with Crippen LogP contribution in [0.1, 0.15) is 34.4 Å². The Hall–Kier alpha value is -2.96. The molecule has 6 heteroatoms. The number of thiophene rings is 1. The van der Waals surface area contributed by atoms with Crippen molar-refractivity contribution in [2.24, 2.45) is 0 Å². The summed E-state index contributed by atoms with van der Waals surface area (Å²) in [7, 11) is 0. The number of amides is 1. The summed E-state index contributed by atoms with van der Waals surface area (Å²) in [6.07, 6.45) is 5.20. The Balaban J connectivity index is 1.88. The molecule has 0 bridgehead atoms. The third kappa shape index (κ3) is 3.60. The Bertz CT molecular complexity index is 947. The van der Waals surface area contributed by atoms with Gasteiger partial charge in [0.05, 0.1) is 5.56 Å². The summed E-state index contributed by atoms with van der Waals surface area (Å²) in [6, 6.07) is 9.66. The summed E-state index contributed by atoms with van der Waals surface area (Å²) in [6.45, 7) is 0. The van der Waals surface area contributed by atoms with E-state index in [-0.39, 0.29) is 5.57 Å². The van der Waals surface area contributed by atoms with Crippen molar-refractivity contribution >= 4 is 28.3 Å². The van der Waals surface area contributed by atoms with Gasteiger partial charge in [0.1, 0.15) is 28.5 Å². The van der Waals surface area contributed by atoms with Gasteiger partial charge in [0.2, 0.25) is 0 Å². The summed E-state index contributed by atoms with van der Waals surface area (Å²) in [5.74, 6) is -1.04. The van der Waals surface area contributed by atoms with Gasteiger partial charge in [0, 0.05) is 4.88 Å². The van der Waals surface area contributed by atoms with Crippen LogP contribution in [0.15, 0.2) is 29.8 Å². The highest BCUT2D eigenvalue weighted by atomic mass is 32.1. The van der Waals surface area contributed by atoms with Crippen molar-refractivity contribution in [1.82, 2.24) is 0 Å². The zero-order chi connectivity index (χ0) is 17.8. The molecule has 1 aliphatic carbocycles. The van der Waals surface area contributed by atoms with Crippen molar-refractivity contribution in [3.8, 4) is 12.1 Å². The van der Waals surface area contributed by atoms with Crippen molar-refractivity contribution in [3.05, 3.63) is 57.2 Å². The molecule has 0 radical (unpaired) electrons. The van der Waals surface area contributed by atoms with E-state index in [0.717, 1.165) is 36.1 Å². The van der Waals surface area contributed by atoms with Gasteiger partial charge in [-0.3, -0.25) is 4.79 Å². The van der Waals surface area contributed by atoms with Gasteiger partial charge in [-0.1, -0.05) is 12.1 Å². The molecule has 0 aliphatic heterocycles. The predicted octanol–water partition coefficient (Wildman–Crippen LogP) is 4.18. The molecule has 0 spiro atoms. The van der Waals surface area contributed by atoms with Crippen molar-refractivity contribution in [2.45, 2.75) is 25.7 Å². The van der Waals surface area contributed by atoms with E-state index in [1.807, 2.05) is 6.07 Å². The van der Waals surface area contributed by atoms with Gasteiger partial charge in [0.25, 0.3) is 5.91 Å². The Labute approximate surface area is 148 Å². The molecule has 3 rings (SSSR count). The molecule has 1 amide bonds. The first kappa shape index (κ1) is 16.9. The number of benzene rings is 1. The first-order valence-corrected chi connectivity index (χ1v) is 8.67. The molecule has 2 aromatic rings. The van der Waals surface area contributed by atoms with E-state index in [4.69, 9.17) is 0 Å². The Kier molecular flexibility index (Phi) is 4.92. The summed E-state index contributed by atoms with van der Waals surface area (Å²) < 4.78 is 13.3. The van der Waals surface area contributed by atoms with Crippen LogP contribution in [0.25, 0.3) is 6.08 Å². The lowest BCUT2D eigenvalue weighted by molar-refractivity contribution is -0.112. The second kappa shape index (κ2) is 7.29. The smallest absolute Gasteiger partial charge is 0.266 e. The van der Waals surface area contributed by atoms with Crippen molar-refractivity contribution < 1.29 is 9.18 Å². The van der Waals surface area contributed by atoms with Gasteiger partial charge in [-0.05, 0) is 55.0 Å². The number of nitriles is 2. The maximum Gasteiger partial charge on any atom is 0.266 e. The van der Waals surface area contributed by atoms with Crippen molar-refractivity contribution in [2.75, 3.05) is 5.32 Å². The van der Waals surface area contributed by atoms with E-state index < -0.39 is 11.7 Å². The highest BCUT2D eigenvalue weighted by Gasteiger charge is 2.22. The minimum absolute atomic E-state index is 0.138. The Morgan fingerprint density at radius 1 is 1.28 bits per heavy atom. The molecule has 0 atom stereocenters. The lowest BCUT2D eigenvalue weighted by Crippen LogP contribution is -2.13. The Morgan fingerprint density at radius 2 is 2.08 bits per heavy atom. The van der Waals surface area contributed by atoms with Gasteiger partial charge >= 0.3 is 0 Å². The lowest BCUT2D eigenvalue weighted by Gasteiger charge is -2.09. The number of anilines is 1. The largest absolute Gasteiger partial charge is 0.312 e. The zero-order valence-corrected chi connectivity index (χ0v) is 14.1. The lowest BCUT2D eigenvalue weighted by atomic mass is 9.96. The summed E-state index contributed by atoms with van der Waals surface area (Å²) >= 11 is 1.40. The van der Waals surface area contributed by atoms with Gasteiger partial charge < -0.3 is 5.32 Å². The second-order valence-electron chi connectivity index (χ2n) is 5.71. The van der Waals surface area contributed by atoms with Crippen LogP contribution in [0.5, 0.6) is 0 Å². The molecule has 4 nitrogen and oxygen atoms in total. The van der Waals surface area contributed by atoms with Crippen molar-refractivity contribution in [3.63, 3.8) is 0 Å². The van der Waals surface area contributed by atoms with Gasteiger partial charge in [-0.25, -0.2) is 4.39 Å². The number of rotatable bonds is 3. The minimum Gasteiger partial charge on any atom is -0.312 e. The molecule has 0 unspecified atom stereocenters. The SMILES string of the molecule is N#C/C(=C\c1cccc(F)c1)C(=O)Nc1sc2c(c1C#N)CCCC2. The number of halogens is 1. The van der Waals surface area contributed by atoms with Crippen LogP contribution < -0.4 is 5.32 Å². The third-order valence-electron chi connectivity index (χ3n) is 4.03. The number of carbonyl (C=O) groups is 1. The molecular weight excluding hydrogens is 337 g/mol. The molecule has 0 saturated carbocycles. The fourth-order valence-corrected chi connectivity index (χ4v) is 4.09. The highest BCUT2D eigenvalue weighted by Crippen LogP contribution is 2.37. The number of carbonyl (C=O) groups excluding carboxylic acids is 1. The van der Waals surface area contributed by atoms with E-state index in [1.54, 1.807) is 6.07 Å².